The highest BCUT2D eigenvalue weighted by molar-refractivity contribution is 7.15. The second-order valence-corrected chi connectivity index (χ2v) is 7.15. The van der Waals surface area contributed by atoms with Crippen molar-refractivity contribution in [3.05, 3.63) is 65.1 Å². The Labute approximate surface area is 153 Å². The van der Waals surface area contributed by atoms with Gasteiger partial charge in [0.1, 0.15) is 0 Å². The number of hydrogen-bond acceptors (Lipinski definition) is 4. The molecule has 2 aromatic rings. The van der Waals surface area contributed by atoms with Crippen LogP contribution in [0.1, 0.15) is 17.4 Å². The van der Waals surface area contributed by atoms with E-state index in [1.165, 1.54) is 11.3 Å². The first kappa shape index (κ1) is 18.7. The summed E-state index contributed by atoms with van der Waals surface area (Å²) >= 11 is 1.47. The van der Waals surface area contributed by atoms with Crippen LogP contribution in [0, 0.1) is 13.8 Å². The second-order valence-electron chi connectivity index (χ2n) is 5.92. The maximum atomic E-state index is 12.8. The molecule has 0 aliphatic heterocycles. The number of carbonyl (C=O) groups is 1. The summed E-state index contributed by atoms with van der Waals surface area (Å²) in [5.74, 6) is -0.114. The third kappa shape index (κ3) is 3.88. The van der Waals surface area contributed by atoms with Crippen molar-refractivity contribution in [3.63, 3.8) is 0 Å². The van der Waals surface area contributed by atoms with Gasteiger partial charge in [-0.1, -0.05) is 25.3 Å². The number of amides is 1. The van der Waals surface area contributed by atoms with Gasteiger partial charge in [-0.25, -0.2) is 4.98 Å². The smallest absolute Gasteiger partial charge is 0.258 e. The van der Waals surface area contributed by atoms with Crippen LogP contribution in [0.25, 0.3) is 11.3 Å². The van der Waals surface area contributed by atoms with Crippen LogP contribution < -0.4 is 10.6 Å². The lowest BCUT2D eigenvalue weighted by Crippen LogP contribution is -2.28. The number of nitrogen functional groups attached to an aromatic ring is 1. The summed E-state index contributed by atoms with van der Waals surface area (Å²) in [7, 11) is 1.76. The molecule has 0 saturated heterocycles. The van der Waals surface area contributed by atoms with Crippen LogP contribution in [0.3, 0.4) is 0 Å². The maximum Gasteiger partial charge on any atom is 0.258 e. The molecule has 0 aliphatic rings. The Morgan fingerprint density at radius 1 is 1.36 bits per heavy atom. The Hall–Kier alpha value is -2.66. The number of thiazole rings is 1. The Morgan fingerprint density at radius 3 is 2.52 bits per heavy atom. The van der Waals surface area contributed by atoms with Crippen LogP contribution in [0.15, 0.2) is 54.7 Å². The summed E-state index contributed by atoms with van der Waals surface area (Å²) in [6, 6.07) is 5.92. The number of likely N-dealkylation sites (N-methyl/N-ethyl adjacent to an activating group) is 1. The number of allylic oxidation sites excluding steroid dienone is 2. The molecular weight excluding hydrogens is 330 g/mol. The Balaban J connectivity index is 2.39. The predicted octanol–water partition coefficient (Wildman–Crippen LogP) is 4.66. The number of nitrogens with two attached hydrogens (primary N) is 1. The number of rotatable bonds is 5. The minimum absolute atomic E-state index is 0.114. The monoisotopic (exact) mass is 353 g/mol. The Bertz CT molecular complexity index is 877. The van der Waals surface area contributed by atoms with E-state index in [4.69, 9.17) is 5.73 Å². The number of anilines is 2. The van der Waals surface area contributed by atoms with Gasteiger partial charge < -0.3 is 10.6 Å². The van der Waals surface area contributed by atoms with Crippen molar-refractivity contribution in [2.24, 2.45) is 0 Å². The Morgan fingerprint density at radius 2 is 2.04 bits per heavy atom. The molecule has 0 fully saturated rings. The molecule has 4 nitrogen and oxygen atoms in total. The lowest BCUT2D eigenvalue weighted by atomic mass is 10.0. The molecule has 1 heterocycles. The SMILES string of the molecule is C=C/C=C(\C(=C)C)C(=O)N(C)c1ccc(-c2nc(N)sc2C)cc1C. The van der Waals surface area contributed by atoms with Gasteiger partial charge in [-0.15, -0.1) is 11.3 Å². The fraction of sp³-hybridized carbons (Fsp3) is 0.200. The minimum atomic E-state index is -0.114. The van der Waals surface area contributed by atoms with E-state index in [1.54, 1.807) is 24.1 Å². The van der Waals surface area contributed by atoms with E-state index in [0.717, 1.165) is 27.4 Å². The molecular formula is C20H23N3OS. The number of carbonyl (C=O) groups excluding carboxylic acids is 1. The zero-order chi connectivity index (χ0) is 18.7. The average molecular weight is 353 g/mol. The van der Waals surface area contributed by atoms with Gasteiger partial charge in [-0.05, 0) is 50.1 Å². The molecule has 130 valence electrons. The highest BCUT2D eigenvalue weighted by Gasteiger charge is 2.18. The van der Waals surface area contributed by atoms with Crippen LogP contribution in [-0.2, 0) is 4.79 Å². The van der Waals surface area contributed by atoms with E-state index in [2.05, 4.69) is 18.1 Å². The molecule has 0 radical (unpaired) electrons. The zero-order valence-electron chi connectivity index (χ0n) is 15.1. The largest absolute Gasteiger partial charge is 0.375 e. The summed E-state index contributed by atoms with van der Waals surface area (Å²) < 4.78 is 0. The second kappa shape index (κ2) is 7.49. The molecule has 0 atom stereocenters. The van der Waals surface area contributed by atoms with Crippen LogP contribution in [0.2, 0.25) is 0 Å². The van der Waals surface area contributed by atoms with Crippen molar-refractivity contribution in [1.82, 2.24) is 4.98 Å². The molecule has 0 bridgehead atoms. The van der Waals surface area contributed by atoms with E-state index in [-0.39, 0.29) is 5.91 Å². The van der Waals surface area contributed by atoms with Gasteiger partial charge >= 0.3 is 0 Å². The van der Waals surface area contributed by atoms with E-state index in [0.29, 0.717) is 16.3 Å². The van der Waals surface area contributed by atoms with Crippen molar-refractivity contribution in [3.8, 4) is 11.3 Å². The van der Waals surface area contributed by atoms with E-state index < -0.39 is 0 Å². The van der Waals surface area contributed by atoms with Crippen molar-refractivity contribution in [1.29, 1.82) is 0 Å². The summed E-state index contributed by atoms with van der Waals surface area (Å²) in [5, 5.41) is 0.558. The average Bonchev–Trinajstić information content (AvgIpc) is 2.89. The molecule has 0 spiro atoms. The fourth-order valence-electron chi connectivity index (χ4n) is 2.67. The van der Waals surface area contributed by atoms with Gasteiger partial charge in [0, 0.05) is 28.7 Å². The molecule has 1 aromatic carbocycles. The molecule has 2 N–H and O–H groups in total. The van der Waals surface area contributed by atoms with Gasteiger partial charge in [0.05, 0.1) is 5.69 Å². The van der Waals surface area contributed by atoms with Gasteiger partial charge in [-0.2, -0.15) is 0 Å². The van der Waals surface area contributed by atoms with Gasteiger partial charge in [0.15, 0.2) is 5.13 Å². The summed E-state index contributed by atoms with van der Waals surface area (Å²) in [6.45, 7) is 13.3. The highest BCUT2D eigenvalue weighted by atomic mass is 32.1. The molecule has 1 aromatic heterocycles. The minimum Gasteiger partial charge on any atom is -0.375 e. The van der Waals surface area contributed by atoms with Gasteiger partial charge in [0.25, 0.3) is 5.91 Å². The summed E-state index contributed by atoms with van der Waals surface area (Å²) in [6.07, 6.45) is 3.29. The quantitative estimate of drug-likeness (QED) is 0.628. The number of aryl methyl sites for hydroxylation is 2. The van der Waals surface area contributed by atoms with Crippen molar-refractivity contribution in [2.45, 2.75) is 20.8 Å². The summed E-state index contributed by atoms with van der Waals surface area (Å²) in [5.41, 5.74) is 10.8. The number of benzene rings is 1. The Kier molecular flexibility index (Phi) is 5.59. The van der Waals surface area contributed by atoms with Crippen LogP contribution in [0.4, 0.5) is 10.8 Å². The van der Waals surface area contributed by atoms with E-state index in [1.807, 2.05) is 39.0 Å². The first-order chi connectivity index (χ1) is 11.8. The van der Waals surface area contributed by atoms with Gasteiger partial charge in [-0.3, -0.25) is 4.79 Å². The van der Waals surface area contributed by atoms with E-state index >= 15 is 0 Å². The molecule has 25 heavy (non-hydrogen) atoms. The van der Waals surface area contributed by atoms with Crippen LogP contribution in [0.5, 0.6) is 0 Å². The number of nitrogens with zero attached hydrogens (tertiary/aromatic N) is 2. The summed E-state index contributed by atoms with van der Waals surface area (Å²) in [4.78, 5) is 19.9. The van der Waals surface area contributed by atoms with E-state index in [9.17, 15) is 4.79 Å². The third-order valence-electron chi connectivity index (χ3n) is 3.92. The number of hydrogen-bond donors (Lipinski definition) is 1. The molecule has 0 aliphatic carbocycles. The van der Waals surface area contributed by atoms with Gasteiger partial charge in [0.2, 0.25) is 0 Å². The third-order valence-corrected chi connectivity index (χ3v) is 4.72. The van der Waals surface area contributed by atoms with Crippen molar-refractivity contribution < 1.29 is 4.79 Å². The first-order valence-electron chi connectivity index (χ1n) is 7.86. The lowest BCUT2D eigenvalue weighted by Gasteiger charge is -2.21. The molecule has 2 rings (SSSR count). The standard InChI is InChI=1S/C20H23N3OS/c1-7-8-16(12(2)3)19(24)23(6)17-10-9-15(11-13(17)4)18-14(5)25-20(21)22-18/h7-11H,1-2H2,3-6H3,(H2,21,22)/b16-8+. The predicted molar refractivity (Wildman–Crippen MR) is 108 cm³/mol. The maximum absolute atomic E-state index is 12.8. The molecule has 5 heteroatoms. The fourth-order valence-corrected chi connectivity index (χ4v) is 3.38. The normalized spacial score (nSPS) is 11.3. The van der Waals surface area contributed by atoms with Crippen LogP contribution in [-0.4, -0.2) is 17.9 Å². The van der Waals surface area contributed by atoms with Crippen molar-refractivity contribution in [2.75, 3.05) is 17.7 Å². The lowest BCUT2D eigenvalue weighted by molar-refractivity contribution is -0.114. The van der Waals surface area contributed by atoms with Crippen molar-refractivity contribution >= 4 is 28.1 Å². The molecule has 0 saturated carbocycles. The zero-order valence-corrected chi connectivity index (χ0v) is 15.9. The van der Waals surface area contributed by atoms with Crippen LogP contribution >= 0.6 is 11.3 Å². The highest BCUT2D eigenvalue weighted by Crippen LogP contribution is 2.32. The molecule has 1 amide bonds. The molecule has 0 unspecified atom stereocenters. The number of aromatic nitrogens is 1. The first-order valence-corrected chi connectivity index (χ1v) is 8.68. The topological polar surface area (TPSA) is 59.2 Å².